The van der Waals surface area contributed by atoms with Crippen LogP contribution >= 0.6 is 12.4 Å². The van der Waals surface area contributed by atoms with Gasteiger partial charge >= 0.3 is 0 Å². The molecule has 0 aliphatic carbocycles. The average Bonchev–Trinajstić information content (AvgIpc) is 2.36. The average molecular weight is 344 g/mol. The highest BCUT2D eigenvalue weighted by Gasteiger charge is 2.23. The summed E-state index contributed by atoms with van der Waals surface area (Å²) in [4.78, 5) is 13.7. The van der Waals surface area contributed by atoms with E-state index in [2.05, 4.69) is 10.0 Å². The van der Waals surface area contributed by atoms with Gasteiger partial charge in [-0.3, -0.25) is 4.79 Å². The Morgan fingerprint density at radius 2 is 2.14 bits per heavy atom. The lowest BCUT2D eigenvalue weighted by Gasteiger charge is -2.34. The highest BCUT2D eigenvalue weighted by Crippen LogP contribution is 2.02. The second-order valence-electron chi connectivity index (χ2n) is 5.20. The van der Waals surface area contributed by atoms with Crippen LogP contribution in [0, 0.1) is 0 Å². The molecule has 0 bridgehead atoms. The van der Waals surface area contributed by atoms with E-state index in [1.165, 1.54) is 0 Å². The number of ether oxygens (including phenoxy) is 1. The van der Waals surface area contributed by atoms with E-state index in [0.717, 1.165) is 13.1 Å². The van der Waals surface area contributed by atoms with Gasteiger partial charge in [-0.05, 0) is 20.8 Å². The molecule has 0 unspecified atom stereocenters. The zero-order valence-corrected chi connectivity index (χ0v) is 14.4. The number of halogens is 1. The number of amides is 1. The second kappa shape index (κ2) is 9.58. The molecule has 0 aromatic heterocycles. The molecule has 1 aliphatic rings. The fourth-order valence-corrected chi connectivity index (χ4v) is 2.75. The van der Waals surface area contributed by atoms with Crippen molar-refractivity contribution in [3.05, 3.63) is 0 Å². The molecule has 1 amide bonds. The number of piperazine rings is 1. The van der Waals surface area contributed by atoms with Crippen molar-refractivity contribution < 1.29 is 17.9 Å². The number of hydrogen-bond acceptors (Lipinski definition) is 5. The molecule has 7 nitrogen and oxygen atoms in total. The first-order chi connectivity index (χ1) is 9.32. The summed E-state index contributed by atoms with van der Waals surface area (Å²) in [5.74, 6) is -0.317. The third-order valence-electron chi connectivity index (χ3n) is 3.07. The molecule has 1 fully saturated rings. The standard InChI is InChI=1S/C12H25N3O4S.ClH/c1-10(2)19-6-7-20(17,18)14-9-12(16)15-5-4-13-8-11(15)3;/h10-11,13-14H,4-9H2,1-3H3;1H/t11-;/m1./s1. The van der Waals surface area contributed by atoms with Crippen LogP contribution in [0.1, 0.15) is 20.8 Å². The van der Waals surface area contributed by atoms with Gasteiger partial charge < -0.3 is 15.0 Å². The number of carbonyl (C=O) groups excluding carboxylic acids is 1. The maximum Gasteiger partial charge on any atom is 0.237 e. The minimum atomic E-state index is -3.47. The maximum atomic E-state index is 12.0. The van der Waals surface area contributed by atoms with Gasteiger partial charge in [0.05, 0.1) is 25.0 Å². The van der Waals surface area contributed by atoms with Crippen molar-refractivity contribution in [1.29, 1.82) is 0 Å². The van der Waals surface area contributed by atoms with Crippen LogP contribution in [-0.2, 0) is 19.6 Å². The van der Waals surface area contributed by atoms with Crippen LogP contribution in [-0.4, -0.2) is 69.9 Å². The van der Waals surface area contributed by atoms with Crippen LogP contribution in [0.15, 0.2) is 0 Å². The number of hydrogen-bond donors (Lipinski definition) is 2. The molecule has 0 aromatic carbocycles. The van der Waals surface area contributed by atoms with Gasteiger partial charge in [-0.2, -0.15) is 0 Å². The second-order valence-corrected chi connectivity index (χ2v) is 7.13. The summed E-state index contributed by atoms with van der Waals surface area (Å²) in [6, 6.07) is 0.0880. The molecular weight excluding hydrogens is 318 g/mol. The molecule has 1 heterocycles. The Labute approximate surface area is 133 Å². The molecule has 1 atom stereocenters. The Hall–Kier alpha value is -0.410. The van der Waals surface area contributed by atoms with Crippen molar-refractivity contribution in [1.82, 2.24) is 14.9 Å². The van der Waals surface area contributed by atoms with Gasteiger partial charge in [-0.15, -0.1) is 12.4 Å². The highest BCUT2D eigenvalue weighted by molar-refractivity contribution is 7.89. The van der Waals surface area contributed by atoms with Gasteiger partial charge in [0.2, 0.25) is 15.9 Å². The first-order valence-electron chi connectivity index (χ1n) is 6.91. The molecule has 2 N–H and O–H groups in total. The molecule has 21 heavy (non-hydrogen) atoms. The number of rotatable bonds is 7. The Morgan fingerprint density at radius 3 is 2.71 bits per heavy atom. The zero-order chi connectivity index (χ0) is 15.2. The lowest BCUT2D eigenvalue weighted by molar-refractivity contribution is -0.132. The fraction of sp³-hybridized carbons (Fsp3) is 0.917. The zero-order valence-electron chi connectivity index (χ0n) is 12.8. The van der Waals surface area contributed by atoms with Gasteiger partial charge in [0.15, 0.2) is 0 Å². The van der Waals surface area contributed by atoms with Gasteiger partial charge in [0.1, 0.15) is 0 Å². The first kappa shape index (κ1) is 20.6. The predicted octanol–water partition coefficient (Wildman–Crippen LogP) is -0.427. The van der Waals surface area contributed by atoms with Crippen molar-refractivity contribution in [2.75, 3.05) is 38.5 Å². The maximum absolute atomic E-state index is 12.0. The molecule has 0 aromatic rings. The van der Waals surface area contributed by atoms with E-state index in [1.54, 1.807) is 4.90 Å². The van der Waals surface area contributed by atoms with E-state index < -0.39 is 10.0 Å². The van der Waals surface area contributed by atoms with E-state index in [1.807, 2.05) is 20.8 Å². The van der Waals surface area contributed by atoms with E-state index in [9.17, 15) is 13.2 Å². The number of sulfonamides is 1. The van der Waals surface area contributed by atoms with Gasteiger partial charge in [-0.1, -0.05) is 0 Å². The summed E-state index contributed by atoms with van der Waals surface area (Å²) in [5, 5.41) is 3.18. The molecule has 1 aliphatic heterocycles. The van der Waals surface area contributed by atoms with Crippen LogP contribution in [0.5, 0.6) is 0 Å². The third-order valence-corrected chi connectivity index (χ3v) is 4.36. The predicted molar refractivity (Wildman–Crippen MR) is 84.2 cm³/mol. The molecule has 9 heteroatoms. The topological polar surface area (TPSA) is 87.7 Å². The molecule has 0 radical (unpaired) electrons. The smallest absolute Gasteiger partial charge is 0.237 e. The molecule has 0 saturated carbocycles. The number of carbonyl (C=O) groups is 1. The monoisotopic (exact) mass is 343 g/mol. The summed E-state index contributed by atoms with van der Waals surface area (Å²) in [5.41, 5.74) is 0. The van der Waals surface area contributed by atoms with E-state index >= 15 is 0 Å². The summed E-state index contributed by atoms with van der Waals surface area (Å²) in [6.45, 7) is 7.66. The molecular formula is C12H26ClN3O4S. The Kier molecular flexibility index (Phi) is 9.39. The van der Waals surface area contributed by atoms with E-state index in [0.29, 0.717) is 6.54 Å². The minimum absolute atomic E-state index is 0. The van der Waals surface area contributed by atoms with E-state index in [4.69, 9.17) is 4.74 Å². The SMILES string of the molecule is CC(C)OCCS(=O)(=O)NCC(=O)N1CCNC[C@H]1C.Cl. The van der Waals surface area contributed by atoms with Gasteiger partial charge in [-0.25, -0.2) is 13.1 Å². The van der Waals surface area contributed by atoms with E-state index in [-0.39, 0.29) is 49.4 Å². The summed E-state index contributed by atoms with van der Waals surface area (Å²) < 4.78 is 30.9. The molecule has 1 saturated heterocycles. The largest absolute Gasteiger partial charge is 0.378 e. The van der Waals surface area contributed by atoms with Crippen LogP contribution in [0.2, 0.25) is 0 Å². The van der Waals surface area contributed by atoms with Crippen LogP contribution < -0.4 is 10.0 Å². The van der Waals surface area contributed by atoms with Crippen molar-refractivity contribution in [3.8, 4) is 0 Å². The quantitative estimate of drug-likeness (QED) is 0.655. The number of nitrogens with zero attached hydrogens (tertiary/aromatic N) is 1. The Bertz CT molecular complexity index is 417. The third kappa shape index (κ3) is 7.96. The van der Waals surface area contributed by atoms with Crippen molar-refractivity contribution in [2.24, 2.45) is 0 Å². The summed E-state index contributed by atoms with van der Waals surface area (Å²) in [6.07, 6.45) is -0.00599. The van der Waals surface area contributed by atoms with Crippen molar-refractivity contribution in [2.45, 2.75) is 32.9 Å². The minimum Gasteiger partial charge on any atom is -0.378 e. The lowest BCUT2D eigenvalue weighted by atomic mass is 10.2. The van der Waals surface area contributed by atoms with Crippen molar-refractivity contribution >= 4 is 28.3 Å². The Morgan fingerprint density at radius 1 is 1.48 bits per heavy atom. The normalized spacial score (nSPS) is 19.4. The summed E-state index contributed by atoms with van der Waals surface area (Å²) >= 11 is 0. The molecule has 0 spiro atoms. The molecule has 1 rings (SSSR count). The Balaban J connectivity index is 0.00000400. The van der Waals surface area contributed by atoms with Crippen LogP contribution in [0.25, 0.3) is 0 Å². The van der Waals surface area contributed by atoms with Crippen molar-refractivity contribution in [3.63, 3.8) is 0 Å². The summed E-state index contributed by atoms with van der Waals surface area (Å²) in [7, 11) is -3.47. The first-order valence-corrected chi connectivity index (χ1v) is 8.56. The molecule has 126 valence electrons. The van der Waals surface area contributed by atoms with Crippen LogP contribution in [0.3, 0.4) is 0 Å². The fourth-order valence-electron chi connectivity index (χ4n) is 1.95. The number of nitrogens with one attached hydrogen (secondary N) is 2. The highest BCUT2D eigenvalue weighted by atomic mass is 35.5. The lowest BCUT2D eigenvalue weighted by Crippen LogP contribution is -2.54. The van der Waals surface area contributed by atoms with Gasteiger partial charge in [0, 0.05) is 25.7 Å². The van der Waals surface area contributed by atoms with Crippen LogP contribution in [0.4, 0.5) is 0 Å². The van der Waals surface area contributed by atoms with Gasteiger partial charge in [0.25, 0.3) is 0 Å².